The molecule has 0 saturated heterocycles. The highest BCUT2D eigenvalue weighted by molar-refractivity contribution is 5.83. The molecule has 0 spiro atoms. The van der Waals surface area contributed by atoms with Gasteiger partial charge in [-0.1, -0.05) is 0 Å². The van der Waals surface area contributed by atoms with Crippen LogP contribution in [0.2, 0.25) is 0 Å². The van der Waals surface area contributed by atoms with E-state index in [1.807, 2.05) is 0 Å². The van der Waals surface area contributed by atoms with E-state index in [0.29, 0.717) is 5.01 Å². The van der Waals surface area contributed by atoms with E-state index in [4.69, 9.17) is 5.84 Å². The molecule has 0 rings (SSSR count). The molecule has 0 aromatic rings. The van der Waals surface area contributed by atoms with E-state index >= 15 is 0 Å². The van der Waals surface area contributed by atoms with Crippen molar-refractivity contribution in [3.8, 4) is 0 Å². The van der Waals surface area contributed by atoms with Gasteiger partial charge in [0.05, 0.1) is 0 Å². The lowest BCUT2D eigenvalue weighted by molar-refractivity contribution is -0.115. The Morgan fingerprint density at radius 2 is 2.25 bits per heavy atom. The molecule has 0 aliphatic rings. The van der Waals surface area contributed by atoms with E-state index in [9.17, 15) is 9.59 Å². The van der Waals surface area contributed by atoms with Crippen LogP contribution in [0.1, 0.15) is 0 Å². The maximum absolute atomic E-state index is 10.1. The summed E-state index contributed by atoms with van der Waals surface area (Å²) in [6.45, 7) is 0. The molecule has 0 aliphatic heterocycles. The van der Waals surface area contributed by atoms with Crippen LogP contribution in [0.25, 0.3) is 0 Å². The average Bonchev–Trinajstić information content (AvgIpc) is 1.84. The first kappa shape index (κ1) is 6.86. The van der Waals surface area contributed by atoms with Crippen molar-refractivity contribution in [2.75, 3.05) is 0 Å². The van der Waals surface area contributed by atoms with Gasteiger partial charge in [0.25, 0.3) is 0 Å². The second-order valence-corrected chi connectivity index (χ2v) is 0.962. The van der Waals surface area contributed by atoms with Crippen molar-refractivity contribution in [3.63, 3.8) is 0 Å². The van der Waals surface area contributed by atoms with Crippen molar-refractivity contribution in [2.24, 2.45) is 11.7 Å². The Morgan fingerprint density at radius 3 is 2.38 bits per heavy atom. The summed E-state index contributed by atoms with van der Waals surface area (Å²) in [5.41, 5.74) is 1.65. The van der Waals surface area contributed by atoms with Gasteiger partial charge >= 0.3 is 6.03 Å². The summed E-state index contributed by atoms with van der Waals surface area (Å²) in [7, 11) is 0. The largest absolute Gasteiger partial charge is 0.352 e. The number of amides is 3. The Balaban J connectivity index is 3.62. The fraction of sp³-hybridized carbons (Fsp3) is 0. The molecule has 46 valence electrons. The first-order valence-electron chi connectivity index (χ1n) is 1.72. The van der Waals surface area contributed by atoms with Crippen LogP contribution >= 0.6 is 0 Å². The molecule has 5 N–H and O–H groups in total. The molecule has 0 unspecified atom stereocenters. The predicted molar refractivity (Wildman–Crippen MR) is 24.8 cm³/mol. The maximum Gasteiger partial charge on any atom is 0.352 e. The van der Waals surface area contributed by atoms with Gasteiger partial charge in [0, 0.05) is 0 Å². The van der Waals surface area contributed by atoms with E-state index in [1.165, 1.54) is 0 Å². The number of nitrogens with one attached hydrogen (secondary N) is 1. The lowest BCUT2D eigenvalue weighted by atomic mass is 11.0. The standard InChI is InChI=1S/C2H6N4O2/c3-5-2(8)6(4)1-7/h1H,3-4H2,(H,5,8). The van der Waals surface area contributed by atoms with Crippen LogP contribution in [-0.2, 0) is 4.79 Å². The summed E-state index contributed by atoms with van der Waals surface area (Å²) in [5.74, 6) is 9.27. The van der Waals surface area contributed by atoms with Crippen molar-refractivity contribution in [1.82, 2.24) is 10.4 Å². The zero-order valence-corrected chi connectivity index (χ0v) is 4.00. The number of rotatable bonds is 1. The zero-order valence-electron chi connectivity index (χ0n) is 4.00. The summed E-state index contributed by atoms with van der Waals surface area (Å²) >= 11 is 0. The topological polar surface area (TPSA) is 101 Å². The first-order chi connectivity index (χ1) is 3.72. The highest BCUT2D eigenvalue weighted by Crippen LogP contribution is 1.66. The van der Waals surface area contributed by atoms with Crippen LogP contribution in [0.15, 0.2) is 0 Å². The summed E-state index contributed by atoms with van der Waals surface area (Å²) in [6.07, 6.45) is 0.141. The summed E-state index contributed by atoms with van der Waals surface area (Å²) in [5, 5.41) is 0.292. The van der Waals surface area contributed by atoms with E-state index in [1.54, 1.807) is 5.43 Å². The molecule has 0 aliphatic carbocycles. The molecule has 0 bridgehead atoms. The molecule has 0 fully saturated rings. The van der Waals surface area contributed by atoms with E-state index in [2.05, 4.69) is 5.84 Å². The highest BCUT2D eigenvalue weighted by atomic mass is 16.2. The second-order valence-electron chi connectivity index (χ2n) is 0.962. The van der Waals surface area contributed by atoms with E-state index < -0.39 is 6.03 Å². The van der Waals surface area contributed by atoms with Crippen molar-refractivity contribution in [2.45, 2.75) is 0 Å². The lowest BCUT2D eigenvalue weighted by Gasteiger charge is -2.04. The normalized spacial score (nSPS) is 7.75. The molecule has 0 heterocycles. The summed E-state index contributed by atoms with van der Waals surface area (Å²) in [4.78, 5) is 19.7. The van der Waals surface area contributed by atoms with Gasteiger partial charge in [0.15, 0.2) is 0 Å². The van der Waals surface area contributed by atoms with Gasteiger partial charge in [-0.05, 0) is 0 Å². The summed E-state index contributed by atoms with van der Waals surface area (Å²) < 4.78 is 0. The van der Waals surface area contributed by atoms with Gasteiger partial charge in [0.1, 0.15) is 0 Å². The SMILES string of the molecule is NNC(=O)N(N)C=O. The monoisotopic (exact) mass is 118 g/mol. The fourth-order valence-corrected chi connectivity index (χ4v) is 0.122. The van der Waals surface area contributed by atoms with Crippen LogP contribution in [0.3, 0.4) is 0 Å². The van der Waals surface area contributed by atoms with E-state index in [-0.39, 0.29) is 6.41 Å². The van der Waals surface area contributed by atoms with Gasteiger partial charge in [0.2, 0.25) is 6.41 Å². The average molecular weight is 118 g/mol. The predicted octanol–water partition coefficient (Wildman–Crippen LogP) is -2.10. The minimum Gasteiger partial charge on any atom is -0.277 e. The number of carbonyl (C=O) groups is 2. The van der Waals surface area contributed by atoms with Crippen LogP contribution in [0.5, 0.6) is 0 Å². The third kappa shape index (κ3) is 1.54. The van der Waals surface area contributed by atoms with Crippen molar-refractivity contribution in [1.29, 1.82) is 0 Å². The van der Waals surface area contributed by atoms with Crippen molar-refractivity contribution >= 4 is 12.4 Å². The number of hydrazine groups is 2. The molecular formula is C2H6N4O2. The molecule has 0 radical (unpaired) electrons. The molecule has 0 atom stereocenters. The minimum atomic E-state index is -0.847. The fourth-order valence-electron chi connectivity index (χ4n) is 0.122. The minimum absolute atomic E-state index is 0.141. The Hall–Kier alpha value is -1.14. The number of nitrogens with two attached hydrogens (primary N) is 2. The number of carbonyl (C=O) groups excluding carboxylic acids is 2. The smallest absolute Gasteiger partial charge is 0.277 e. The van der Waals surface area contributed by atoms with Crippen LogP contribution < -0.4 is 17.1 Å². The van der Waals surface area contributed by atoms with Gasteiger partial charge in [-0.25, -0.2) is 16.5 Å². The molecule has 6 heteroatoms. The number of hydrogen-bond acceptors (Lipinski definition) is 4. The van der Waals surface area contributed by atoms with Crippen LogP contribution in [-0.4, -0.2) is 17.5 Å². The highest BCUT2D eigenvalue weighted by Gasteiger charge is 2.01. The molecule has 8 heavy (non-hydrogen) atoms. The third-order valence-electron chi connectivity index (χ3n) is 0.472. The molecule has 6 nitrogen and oxygen atoms in total. The molecule has 3 amide bonds. The van der Waals surface area contributed by atoms with Gasteiger partial charge in [-0.2, -0.15) is 5.01 Å². The quantitative estimate of drug-likeness (QED) is 0.159. The molecule has 0 aromatic heterocycles. The Bertz CT molecular complexity index is 102. The van der Waals surface area contributed by atoms with Crippen molar-refractivity contribution < 1.29 is 9.59 Å². The zero-order chi connectivity index (χ0) is 6.57. The Morgan fingerprint density at radius 1 is 1.75 bits per heavy atom. The lowest BCUT2D eigenvalue weighted by Crippen LogP contribution is -2.46. The van der Waals surface area contributed by atoms with Gasteiger partial charge in [-0.3, -0.25) is 10.2 Å². The van der Waals surface area contributed by atoms with Crippen LogP contribution in [0.4, 0.5) is 4.79 Å². The second kappa shape index (κ2) is 2.94. The molecular weight excluding hydrogens is 112 g/mol. The Kier molecular flexibility index (Phi) is 2.52. The third-order valence-corrected chi connectivity index (χ3v) is 0.472. The maximum atomic E-state index is 10.1. The summed E-state index contributed by atoms with van der Waals surface area (Å²) in [6, 6.07) is -0.847. The number of hydrogen-bond donors (Lipinski definition) is 3. The van der Waals surface area contributed by atoms with Gasteiger partial charge in [-0.15, -0.1) is 0 Å². The number of nitrogens with zero attached hydrogens (tertiary/aromatic N) is 1. The Labute approximate surface area is 45.4 Å². The van der Waals surface area contributed by atoms with Gasteiger partial charge < -0.3 is 0 Å². The number of imide groups is 1. The molecule has 0 aromatic carbocycles. The first-order valence-corrected chi connectivity index (χ1v) is 1.72. The van der Waals surface area contributed by atoms with E-state index in [0.717, 1.165) is 0 Å². The van der Waals surface area contributed by atoms with Crippen LogP contribution in [0, 0.1) is 0 Å². The number of urea groups is 1. The molecule has 0 saturated carbocycles. The van der Waals surface area contributed by atoms with Crippen molar-refractivity contribution in [3.05, 3.63) is 0 Å².